The maximum Gasteiger partial charge on any atom is 0.226 e. The Morgan fingerprint density at radius 2 is 2.14 bits per heavy atom. The summed E-state index contributed by atoms with van der Waals surface area (Å²) in [5.41, 5.74) is 0.0661. The van der Waals surface area contributed by atoms with E-state index in [1.165, 1.54) is 12.8 Å². The first-order chi connectivity index (χ1) is 10.3. The van der Waals surface area contributed by atoms with Gasteiger partial charge in [0.2, 0.25) is 5.91 Å². The van der Waals surface area contributed by atoms with Crippen molar-refractivity contribution in [3.05, 3.63) is 12.2 Å². The number of ether oxygens (including phenoxy) is 2. The quantitative estimate of drug-likeness (QED) is 0.726. The molecular formula is C17H25NO3. The molecule has 4 rings (SSSR count). The van der Waals surface area contributed by atoms with Crippen molar-refractivity contribution >= 4 is 5.91 Å². The molecule has 0 aromatic carbocycles. The van der Waals surface area contributed by atoms with E-state index in [0.29, 0.717) is 11.8 Å². The van der Waals surface area contributed by atoms with E-state index in [2.05, 4.69) is 17.1 Å². The zero-order valence-electron chi connectivity index (χ0n) is 12.6. The fourth-order valence-corrected chi connectivity index (χ4v) is 3.99. The summed E-state index contributed by atoms with van der Waals surface area (Å²) in [7, 11) is 0. The maximum absolute atomic E-state index is 12.6. The highest BCUT2D eigenvalue weighted by Crippen LogP contribution is 2.43. The Morgan fingerprint density at radius 1 is 1.33 bits per heavy atom. The largest absolute Gasteiger partial charge is 0.380 e. The van der Waals surface area contributed by atoms with Gasteiger partial charge in [0.1, 0.15) is 0 Å². The van der Waals surface area contributed by atoms with Crippen LogP contribution in [0.2, 0.25) is 0 Å². The van der Waals surface area contributed by atoms with E-state index in [4.69, 9.17) is 9.47 Å². The fraction of sp³-hybridized carbons (Fsp3) is 0.824. The lowest BCUT2D eigenvalue weighted by Gasteiger charge is -2.27. The van der Waals surface area contributed by atoms with Gasteiger partial charge >= 0.3 is 0 Å². The SMILES string of the molecule is O=C(C1CC=CC1)N1C[C@@H]2COC[C@]2(COCC2CC2)C1. The van der Waals surface area contributed by atoms with Gasteiger partial charge in [-0.05, 0) is 31.6 Å². The van der Waals surface area contributed by atoms with Crippen molar-refractivity contribution in [3.8, 4) is 0 Å². The molecule has 0 N–H and O–H groups in total. The Bertz CT molecular complexity index is 437. The average Bonchev–Trinajstić information content (AvgIpc) is 2.91. The molecule has 0 aromatic rings. The highest BCUT2D eigenvalue weighted by atomic mass is 16.5. The van der Waals surface area contributed by atoms with Gasteiger partial charge in [0.25, 0.3) is 0 Å². The van der Waals surface area contributed by atoms with E-state index in [1.807, 2.05) is 0 Å². The molecule has 3 fully saturated rings. The van der Waals surface area contributed by atoms with Crippen LogP contribution in [0.1, 0.15) is 25.7 Å². The third kappa shape index (κ3) is 2.64. The first-order valence-corrected chi connectivity index (χ1v) is 8.36. The molecule has 0 aromatic heterocycles. The van der Waals surface area contributed by atoms with Crippen LogP contribution in [0.5, 0.6) is 0 Å². The smallest absolute Gasteiger partial charge is 0.226 e. The Kier molecular flexibility index (Phi) is 3.54. The molecule has 116 valence electrons. The van der Waals surface area contributed by atoms with Crippen LogP contribution in [0, 0.1) is 23.2 Å². The summed E-state index contributed by atoms with van der Waals surface area (Å²) in [6.45, 7) is 4.91. The van der Waals surface area contributed by atoms with Crippen molar-refractivity contribution in [2.75, 3.05) is 39.5 Å². The van der Waals surface area contributed by atoms with Gasteiger partial charge in [-0.15, -0.1) is 0 Å². The van der Waals surface area contributed by atoms with E-state index in [-0.39, 0.29) is 11.3 Å². The number of hydrogen-bond acceptors (Lipinski definition) is 3. The minimum absolute atomic E-state index is 0.0661. The standard InChI is InChI=1S/C17H25NO3/c19-16(14-3-1-2-4-14)18-7-15-9-21-12-17(15,10-18)11-20-8-13-5-6-13/h1-2,13-15H,3-12H2/t15-,17-/m1/s1. The van der Waals surface area contributed by atoms with Crippen LogP contribution in [-0.4, -0.2) is 50.3 Å². The summed E-state index contributed by atoms with van der Waals surface area (Å²) in [6.07, 6.45) is 8.76. The number of rotatable bonds is 5. The first kappa shape index (κ1) is 13.8. The Balaban J connectivity index is 1.37. The third-order valence-corrected chi connectivity index (χ3v) is 5.63. The van der Waals surface area contributed by atoms with Crippen LogP contribution in [0.15, 0.2) is 12.2 Å². The van der Waals surface area contributed by atoms with Crippen molar-refractivity contribution in [2.45, 2.75) is 25.7 Å². The molecule has 2 heterocycles. The molecular weight excluding hydrogens is 266 g/mol. The normalized spacial score (nSPS) is 35.6. The second-order valence-electron chi connectivity index (χ2n) is 7.39. The summed E-state index contributed by atoms with van der Waals surface area (Å²) in [5, 5.41) is 0. The van der Waals surface area contributed by atoms with Crippen LogP contribution in [0.4, 0.5) is 0 Å². The molecule has 0 bridgehead atoms. The third-order valence-electron chi connectivity index (χ3n) is 5.63. The molecule has 4 heteroatoms. The van der Waals surface area contributed by atoms with Crippen molar-refractivity contribution < 1.29 is 14.3 Å². The van der Waals surface area contributed by atoms with E-state index >= 15 is 0 Å². The molecule has 2 aliphatic heterocycles. The maximum atomic E-state index is 12.6. The number of nitrogens with zero attached hydrogens (tertiary/aromatic N) is 1. The van der Waals surface area contributed by atoms with Crippen LogP contribution in [0.3, 0.4) is 0 Å². The highest BCUT2D eigenvalue weighted by molar-refractivity contribution is 5.80. The second kappa shape index (κ2) is 5.40. The van der Waals surface area contributed by atoms with Gasteiger partial charge in [-0.1, -0.05) is 12.2 Å². The molecule has 0 spiro atoms. The molecule has 1 saturated carbocycles. The van der Waals surface area contributed by atoms with Crippen LogP contribution < -0.4 is 0 Å². The molecule has 0 unspecified atom stereocenters. The lowest BCUT2D eigenvalue weighted by Crippen LogP contribution is -2.39. The zero-order valence-corrected chi connectivity index (χ0v) is 12.6. The summed E-state index contributed by atoms with van der Waals surface area (Å²) >= 11 is 0. The van der Waals surface area contributed by atoms with Gasteiger partial charge in [-0.3, -0.25) is 4.79 Å². The summed E-state index contributed by atoms with van der Waals surface area (Å²) in [4.78, 5) is 14.7. The average molecular weight is 291 g/mol. The van der Waals surface area contributed by atoms with Crippen molar-refractivity contribution in [3.63, 3.8) is 0 Å². The number of fused-ring (bicyclic) bond motifs is 1. The van der Waals surface area contributed by atoms with Gasteiger partial charge in [-0.2, -0.15) is 0 Å². The van der Waals surface area contributed by atoms with Crippen LogP contribution in [0.25, 0.3) is 0 Å². The van der Waals surface area contributed by atoms with Gasteiger partial charge in [0.15, 0.2) is 0 Å². The molecule has 2 atom stereocenters. The van der Waals surface area contributed by atoms with Gasteiger partial charge in [0, 0.05) is 36.9 Å². The predicted octanol–water partition coefficient (Wildman–Crippen LogP) is 1.85. The number of amides is 1. The first-order valence-electron chi connectivity index (χ1n) is 8.36. The monoisotopic (exact) mass is 291 g/mol. The molecule has 2 saturated heterocycles. The zero-order chi connectivity index (χ0) is 14.3. The molecule has 0 radical (unpaired) electrons. The lowest BCUT2D eigenvalue weighted by molar-refractivity contribution is -0.135. The van der Waals surface area contributed by atoms with Crippen LogP contribution in [-0.2, 0) is 14.3 Å². The fourth-order valence-electron chi connectivity index (χ4n) is 3.99. The van der Waals surface area contributed by atoms with E-state index in [9.17, 15) is 4.79 Å². The molecule has 2 aliphatic carbocycles. The highest BCUT2D eigenvalue weighted by Gasteiger charge is 2.52. The van der Waals surface area contributed by atoms with Crippen molar-refractivity contribution in [1.29, 1.82) is 0 Å². The molecule has 1 amide bonds. The topological polar surface area (TPSA) is 38.8 Å². The number of hydrogen-bond donors (Lipinski definition) is 0. The second-order valence-corrected chi connectivity index (χ2v) is 7.39. The summed E-state index contributed by atoms with van der Waals surface area (Å²) in [5.74, 6) is 1.80. The summed E-state index contributed by atoms with van der Waals surface area (Å²) < 4.78 is 11.7. The van der Waals surface area contributed by atoms with E-state index in [1.54, 1.807) is 0 Å². The number of carbonyl (C=O) groups excluding carboxylic acids is 1. The van der Waals surface area contributed by atoms with E-state index in [0.717, 1.165) is 58.3 Å². The minimum Gasteiger partial charge on any atom is -0.380 e. The van der Waals surface area contributed by atoms with Crippen molar-refractivity contribution in [1.82, 2.24) is 4.90 Å². The number of allylic oxidation sites excluding steroid dienone is 2. The molecule has 21 heavy (non-hydrogen) atoms. The number of likely N-dealkylation sites (tertiary alicyclic amines) is 1. The molecule has 4 nitrogen and oxygen atoms in total. The van der Waals surface area contributed by atoms with Gasteiger partial charge in [-0.25, -0.2) is 0 Å². The van der Waals surface area contributed by atoms with Crippen molar-refractivity contribution in [2.24, 2.45) is 23.2 Å². The van der Waals surface area contributed by atoms with Gasteiger partial charge in [0.05, 0.1) is 19.8 Å². The van der Waals surface area contributed by atoms with E-state index < -0.39 is 0 Å². The van der Waals surface area contributed by atoms with Crippen LogP contribution >= 0.6 is 0 Å². The van der Waals surface area contributed by atoms with Gasteiger partial charge < -0.3 is 14.4 Å². The lowest BCUT2D eigenvalue weighted by atomic mass is 9.82. The summed E-state index contributed by atoms with van der Waals surface area (Å²) in [6, 6.07) is 0. The molecule has 4 aliphatic rings. The Hall–Kier alpha value is -0.870. The predicted molar refractivity (Wildman–Crippen MR) is 78.7 cm³/mol. The Labute approximate surface area is 126 Å². The minimum atomic E-state index is 0.0661. The number of carbonyl (C=O) groups is 1. The Morgan fingerprint density at radius 3 is 2.90 bits per heavy atom.